The van der Waals surface area contributed by atoms with Crippen molar-refractivity contribution in [2.24, 2.45) is 16.7 Å². The van der Waals surface area contributed by atoms with Crippen LogP contribution >= 0.6 is 0 Å². The number of piperidine rings is 1. The third-order valence-electron chi connectivity index (χ3n) is 7.64. The fraction of sp³-hybridized carbons (Fsp3) is 0.739. The second-order valence-corrected chi connectivity index (χ2v) is 9.74. The minimum Gasteiger partial charge on any atom is -0.469 e. The van der Waals surface area contributed by atoms with E-state index in [0.717, 1.165) is 65.1 Å². The van der Waals surface area contributed by atoms with Crippen molar-refractivity contribution in [2.45, 2.75) is 47.0 Å². The lowest BCUT2D eigenvalue weighted by molar-refractivity contribution is -0.141. The Morgan fingerprint density at radius 3 is 2.45 bits per heavy atom. The number of rotatable bonds is 4. The summed E-state index contributed by atoms with van der Waals surface area (Å²) < 4.78 is 5.33. The highest BCUT2D eigenvalue weighted by Gasteiger charge is 2.64. The van der Waals surface area contributed by atoms with E-state index in [1.165, 1.54) is 0 Å². The van der Waals surface area contributed by atoms with Crippen LogP contribution in [0.1, 0.15) is 56.2 Å². The molecule has 6 nitrogen and oxygen atoms in total. The fourth-order valence-electron chi connectivity index (χ4n) is 6.16. The van der Waals surface area contributed by atoms with Crippen LogP contribution in [-0.4, -0.2) is 72.3 Å². The highest BCUT2D eigenvalue weighted by molar-refractivity contribution is 5.95. The quantitative estimate of drug-likeness (QED) is 0.778. The SMILES string of the molecule is CCN1CCC2(CN(CC(C)C)CC23CCN(C(=O)c2ccoc2C)CC3)C1=O. The molecule has 160 valence electrons. The van der Waals surface area contributed by atoms with Gasteiger partial charge < -0.3 is 19.1 Å². The Hall–Kier alpha value is -1.82. The van der Waals surface area contributed by atoms with Gasteiger partial charge in [-0.2, -0.15) is 0 Å². The van der Waals surface area contributed by atoms with Crippen LogP contribution in [-0.2, 0) is 4.79 Å². The molecule has 1 atom stereocenters. The van der Waals surface area contributed by atoms with E-state index in [1.54, 1.807) is 12.3 Å². The van der Waals surface area contributed by atoms with Gasteiger partial charge >= 0.3 is 0 Å². The van der Waals surface area contributed by atoms with E-state index >= 15 is 0 Å². The predicted octanol–water partition coefficient (Wildman–Crippen LogP) is 3.02. The van der Waals surface area contributed by atoms with Gasteiger partial charge in [0.25, 0.3) is 5.91 Å². The first-order valence-electron chi connectivity index (χ1n) is 11.2. The number of aryl methyl sites for hydroxylation is 1. The van der Waals surface area contributed by atoms with Gasteiger partial charge in [-0.25, -0.2) is 0 Å². The van der Waals surface area contributed by atoms with Crippen LogP contribution < -0.4 is 0 Å². The van der Waals surface area contributed by atoms with Gasteiger partial charge in [0.15, 0.2) is 0 Å². The fourth-order valence-corrected chi connectivity index (χ4v) is 6.16. The standard InChI is InChI=1S/C23H35N3O3/c1-5-25-12-9-23(21(25)28)16-24(14-17(2)3)15-22(23)7-10-26(11-8-22)20(27)19-6-13-29-18(19)4/h6,13,17H,5,7-12,14-16H2,1-4H3. The van der Waals surface area contributed by atoms with E-state index in [4.69, 9.17) is 4.42 Å². The second kappa shape index (κ2) is 7.46. The molecule has 3 fully saturated rings. The van der Waals surface area contributed by atoms with Gasteiger partial charge in [0, 0.05) is 51.2 Å². The van der Waals surface area contributed by atoms with Crippen LogP contribution in [0.3, 0.4) is 0 Å². The Bertz CT molecular complexity index is 778. The van der Waals surface area contributed by atoms with Crippen LogP contribution in [0.15, 0.2) is 16.7 Å². The minimum absolute atomic E-state index is 0.00882. The highest BCUT2D eigenvalue weighted by atomic mass is 16.3. The molecule has 3 aliphatic rings. The highest BCUT2D eigenvalue weighted by Crippen LogP contribution is 2.58. The Morgan fingerprint density at radius 2 is 1.90 bits per heavy atom. The van der Waals surface area contributed by atoms with Crippen molar-refractivity contribution < 1.29 is 14.0 Å². The summed E-state index contributed by atoms with van der Waals surface area (Å²) in [6, 6.07) is 1.77. The number of likely N-dealkylation sites (tertiary alicyclic amines) is 3. The summed E-state index contributed by atoms with van der Waals surface area (Å²) in [7, 11) is 0. The number of fused-ring (bicyclic) bond motifs is 1. The van der Waals surface area contributed by atoms with E-state index in [-0.39, 0.29) is 16.7 Å². The van der Waals surface area contributed by atoms with Gasteiger partial charge in [0.2, 0.25) is 5.91 Å². The predicted molar refractivity (Wildman–Crippen MR) is 112 cm³/mol. The molecule has 0 radical (unpaired) electrons. The smallest absolute Gasteiger partial charge is 0.257 e. The molecule has 3 saturated heterocycles. The molecule has 3 aliphatic heterocycles. The van der Waals surface area contributed by atoms with E-state index in [2.05, 4.69) is 25.7 Å². The number of carbonyl (C=O) groups is 2. The number of hydrogen-bond acceptors (Lipinski definition) is 4. The Balaban J connectivity index is 1.56. The average molecular weight is 402 g/mol. The zero-order chi connectivity index (χ0) is 20.8. The number of furan rings is 1. The van der Waals surface area contributed by atoms with E-state index in [1.807, 2.05) is 16.7 Å². The Morgan fingerprint density at radius 1 is 1.17 bits per heavy atom. The molecule has 2 spiro atoms. The number of nitrogens with zero attached hydrogens (tertiary/aromatic N) is 3. The molecule has 0 aliphatic carbocycles. The van der Waals surface area contributed by atoms with E-state index < -0.39 is 0 Å². The van der Waals surface area contributed by atoms with E-state index in [0.29, 0.717) is 23.1 Å². The zero-order valence-corrected chi connectivity index (χ0v) is 18.4. The van der Waals surface area contributed by atoms with Crippen molar-refractivity contribution in [2.75, 3.05) is 45.8 Å². The lowest BCUT2D eigenvalue weighted by Gasteiger charge is -2.47. The minimum atomic E-state index is -0.265. The molecule has 0 N–H and O–H groups in total. The first-order valence-corrected chi connectivity index (χ1v) is 11.2. The normalized spacial score (nSPS) is 27.1. The topological polar surface area (TPSA) is 57.0 Å². The van der Waals surface area contributed by atoms with Crippen LogP contribution in [0.4, 0.5) is 0 Å². The molecule has 0 aromatic carbocycles. The molecule has 0 bridgehead atoms. The van der Waals surface area contributed by atoms with Crippen LogP contribution in [0.25, 0.3) is 0 Å². The van der Waals surface area contributed by atoms with E-state index in [9.17, 15) is 9.59 Å². The maximum atomic E-state index is 13.5. The van der Waals surface area contributed by atoms with Gasteiger partial charge in [-0.1, -0.05) is 13.8 Å². The largest absolute Gasteiger partial charge is 0.469 e. The third-order valence-corrected chi connectivity index (χ3v) is 7.64. The van der Waals surface area contributed by atoms with Crippen molar-refractivity contribution in [3.63, 3.8) is 0 Å². The molecule has 6 heteroatoms. The van der Waals surface area contributed by atoms with Crippen LogP contribution in [0.2, 0.25) is 0 Å². The molecule has 1 unspecified atom stereocenters. The molecule has 4 heterocycles. The first-order chi connectivity index (χ1) is 13.8. The van der Waals surface area contributed by atoms with Crippen molar-refractivity contribution in [1.29, 1.82) is 0 Å². The van der Waals surface area contributed by atoms with Crippen molar-refractivity contribution in [3.8, 4) is 0 Å². The van der Waals surface area contributed by atoms with Gasteiger partial charge in [-0.15, -0.1) is 0 Å². The molecule has 0 saturated carbocycles. The van der Waals surface area contributed by atoms with Crippen molar-refractivity contribution in [3.05, 3.63) is 23.7 Å². The van der Waals surface area contributed by atoms with Gasteiger partial charge in [-0.05, 0) is 45.1 Å². The Labute approximate surface area is 174 Å². The van der Waals surface area contributed by atoms with Crippen LogP contribution in [0.5, 0.6) is 0 Å². The summed E-state index contributed by atoms with van der Waals surface area (Å²) in [6.07, 6.45) is 4.37. The Kier molecular flexibility index (Phi) is 5.26. The monoisotopic (exact) mass is 401 g/mol. The van der Waals surface area contributed by atoms with Crippen molar-refractivity contribution in [1.82, 2.24) is 14.7 Å². The molecule has 1 aromatic heterocycles. The third kappa shape index (κ3) is 3.20. The summed E-state index contributed by atoms with van der Waals surface area (Å²) in [4.78, 5) is 33.0. The van der Waals surface area contributed by atoms with Crippen LogP contribution in [0, 0.1) is 23.7 Å². The lowest BCUT2D eigenvalue weighted by atomic mass is 9.60. The average Bonchev–Trinajstić information content (AvgIpc) is 3.33. The van der Waals surface area contributed by atoms with Gasteiger partial charge in [0.1, 0.15) is 5.76 Å². The first kappa shape index (κ1) is 20.5. The summed E-state index contributed by atoms with van der Waals surface area (Å²) in [5.74, 6) is 1.69. The number of hydrogen-bond donors (Lipinski definition) is 0. The van der Waals surface area contributed by atoms with Crippen molar-refractivity contribution >= 4 is 11.8 Å². The molecule has 29 heavy (non-hydrogen) atoms. The summed E-state index contributed by atoms with van der Waals surface area (Å²) in [6.45, 7) is 14.5. The molecular formula is C23H35N3O3. The van der Waals surface area contributed by atoms with Gasteiger partial charge in [0.05, 0.1) is 17.2 Å². The number of amides is 2. The molecule has 2 amide bonds. The van der Waals surface area contributed by atoms with Gasteiger partial charge in [-0.3, -0.25) is 9.59 Å². The number of carbonyl (C=O) groups excluding carboxylic acids is 2. The summed E-state index contributed by atoms with van der Waals surface area (Å²) in [5.41, 5.74) is 0.390. The summed E-state index contributed by atoms with van der Waals surface area (Å²) >= 11 is 0. The second-order valence-electron chi connectivity index (χ2n) is 9.74. The maximum Gasteiger partial charge on any atom is 0.257 e. The lowest BCUT2D eigenvalue weighted by Crippen LogP contribution is -2.53. The molecular weight excluding hydrogens is 366 g/mol. The maximum absolute atomic E-state index is 13.5. The molecule has 4 rings (SSSR count). The molecule has 1 aromatic rings. The zero-order valence-electron chi connectivity index (χ0n) is 18.4. The summed E-state index contributed by atoms with van der Waals surface area (Å²) in [5, 5.41) is 0.